The van der Waals surface area contributed by atoms with Crippen LogP contribution in [0.15, 0.2) is 42.5 Å². The number of H-pyrrole nitrogens is 2. The number of fused-ring (bicyclic) bond motifs is 1. The van der Waals surface area contributed by atoms with Crippen molar-refractivity contribution in [2.45, 2.75) is 25.2 Å². The van der Waals surface area contributed by atoms with Gasteiger partial charge in [-0.25, -0.2) is 0 Å². The van der Waals surface area contributed by atoms with Gasteiger partial charge in [0.1, 0.15) is 0 Å². The van der Waals surface area contributed by atoms with Crippen molar-refractivity contribution in [1.29, 1.82) is 0 Å². The van der Waals surface area contributed by atoms with Crippen LogP contribution in [0, 0.1) is 9.54 Å². The van der Waals surface area contributed by atoms with E-state index < -0.39 is 11.9 Å². The van der Waals surface area contributed by atoms with Crippen molar-refractivity contribution in [2.75, 3.05) is 23.8 Å². The molecule has 1 unspecified atom stereocenters. The minimum absolute atomic E-state index is 0.148. The molecule has 0 fully saturated rings. The second-order valence-corrected chi connectivity index (χ2v) is 8.59. The number of likely N-dealkylation sites (N-methyl/N-ethyl adjacent to an activating group) is 1. The van der Waals surface area contributed by atoms with Crippen molar-refractivity contribution in [3.05, 3.63) is 63.1 Å². The highest BCUT2D eigenvalue weighted by Crippen LogP contribution is 2.34. The van der Waals surface area contributed by atoms with E-state index in [1.54, 1.807) is 16.7 Å². The Morgan fingerprint density at radius 1 is 1.19 bits per heavy atom. The zero-order chi connectivity index (χ0) is 22.8. The van der Waals surface area contributed by atoms with Gasteiger partial charge in [0.15, 0.2) is 9.54 Å². The zero-order valence-corrected chi connectivity index (χ0v) is 19.1. The van der Waals surface area contributed by atoms with E-state index in [4.69, 9.17) is 24.4 Å². The quantitative estimate of drug-likeness (QED) is 0.404. The summed E-state index contributed by atoms with van der Waals surface area (Å²) in [4.78, 5) is 26.0. The number of benzene rings is 2. The first-order chi connectivity index (χ1) is 15.3. The van der Waals surface area contributed by atoms with Crippen LogP contribution < -0.4 is 10.2 Å². The monoisotopic (exact) mass is 469 g/mol. The number of hydrogen-bond acceptors (Lipinski definition) is 5. The van der Waals surface area contributed by atoms with Crippen molar-refractivity contribution in [3.8, 4) is 5.69 Å². The van der Waals surface area contributed by atoms with Crippen molar-refractivity contribution >= 4 is 47.7 Å². The summed E-state index contributed by atoms with van der Waals surface area (Å²) >= 11 is 10.5. The number of nitrogens with zero attached hydrogens (tertiary/aromatic N) is 2. The SMILES string of the molecule is CN(CC(=O)Nc1cccc(-n2c(=S)[nH][nH]c2=S)c1)c1ccc2c(c1)CCCC2C(=O)O. The number of aryl methyl sites for hydroxylation is 1. The molecule has 4 rings (SSSR count). The predicted molar refractivity (Wildman–Crippen MR) is 128 cm³/mol. The molecule has 1 aliphatic carbocycles. The molecule has 1 heterocycles. The van der Waals surface area contributed by atoms with Crippen LogP contribution in [0.4, 0.5) is 11.4 Å². The Morgan fingerprint density at radius 3 is 2.66 bits per heavy atom. The Kier molecular flexibility index (Phi) is 6.24. The van der Waals surface area contributed by atoms with Crippen molar-refractivity contribution < 1.29 is 14.7 Å². The Labute approximate surface area is 194 Å². The molecule has 32 heavy (non-hydrogen) atoms. The fraction of sp³-hybridized carbons (Fsp3) is 0.273. The highest BCUT2D eigenvalue weighted by molar-refractivity contribution is 7.72. The van der Waals surface area contributed by atoms with E-state index in [1.165, 1.54) is 0 Å². The van der Waals surface area contributed by atoms with Gasteiger partial charge in [-0.05, 0) is 85.2 Å². The van der Waals surface area contributed by atoms with E-state index in [9.17, 15) is 14.7 Å². The minimum Gasteiger partial charge on any atom is -0.481 e. The molecule has 1 aliphatic rings. The highest BCUT2D eigenvalue weighted by Gasteiger charge is 2.26. The van der Waals surface area contributed by atoms with E-state index >= 15 is 0 Å². The Morgan fingerprint density at radius 2 is 1.94 bits per heavy atom. The number of rotatable bonds is 6. The third-order valence-electron chi connectivity index (χ3n) is 5.63. The third kappa shape index (κ3) is 4.51. The van der Waals surface area contributed by atoms with Crippen molar-refractivity contribution in [1.82, 2.24) is 14.8 Å². The number of carboxylic acids is 1. The normalized spacial score (nSPS) is 15.1. The van der Waals surface area contributed by atoms with Gasteiger partial charge in [0, 0.05) is 18.4 Å². The summed E-state index contributed by atoms with van der Waals surface area (Å²) in [7, 11) is 1.84. The standard InChI is InChI=1S/C22H23N5O3S2/c1-26(15-8-9-17-13(10-15)4-2-7-18(17)20(29)30)12-19(28)23-14-5-3-6-16(11-14)27-21(31)24-25-22(27)32/h3,5-6,8-11,18H,2,4,7,12H2,1H3,(H,23,28)(H,24,31)(H,25,32)(H,29,30). The number of nitrogens with one attached hydrogen (secondary N) is 3. The van der Waals surface area contributed by atoms with Gasteiger partial charge in [-0.3, -0.25) is 24.4 Å². The van der Waals surface area contributed by atoms with Crippen LogP contribution in [0.2, 0.25) is 0 Å². The molecule has 2 aromatic carbocycles. The number of carbonyl (C=O) groups excluding carboxylic acids is 1. The Balaban J connectivity index is 1.46. The number of aromatic amines is 2. The number of carboxylic acid groups (broad SMARTS) is 1. The van der Waals surface area contributed by atoms with Crippen molar-refractivity contribution in [3.63, 3.8) is 0 Å². The molecule has 166 valence electrons. The second kappa shape index (κ2) is 9.09. The maximum Gasteiger partial charge on any atom is 0.310 e. The van der Waals surface area contributed by atoms with Crippen LogP contribution in [-0.4, -0.2) is 45.3 Å². The van der Waals surface area contributed by atoms with E-state index in [2.05, 4.69) is 15.5 Å². The molecule has 3 aromatic rings. The molecule has 4 N–H and O–H groups in total. The van der Waals surface area contributed by atoms with Crippen LogP contribution in [0.3, 0.4) is 0 Å². The van der Waals surface area contributed by atoms with Crippen LogP contribution in [0.1, 0.15) is 29.9 Å². The van der Waals surface area contributed by atoms with Gasteiger partial charge in [-0.2, -0.15) is 0 Å². The molecule has 1 amide bonds. The lowest BCUT2D eigenvalue weighted by molar-refractivity contribution is -0.139. The summed E-state index contributed by atoms with van der Waals surface area (Å²) in [5.41, 5.74) is 4.17. The lowest BCUT2D eigenvalue weighted by Gasteiger charge is -2.25. The van der Waals surface area contributed by atoms with Gasteiger partial charge in [-0.15, -0.1) is 0 Å². The lowest BCUT2D eigenvalue weighted by Crippen LogP contribution is -2.30. The fourth-order valence-corrected chi connectivity index (χ4v) is 4.62. The van der Waals surface area contributed by atoms with Gasteiger partial charge in [0.05, 0.1) is 18.2 Å². The Hall–Kier alpha value is -3.24. The fourth-order valence-electron chi connectivity index (χ4n) is 4.07. The molecular weight excluding hydrogens is 446 g/mol. The number of anilines is 2. The first-order valence-corrected chi connectivity index (χ1v) is 11.0. The third-order valence-corrected chi connectivity index (χ3v) is 6.20. The molecule has 0 saturated heterocycles. The minimum atomic E-state index is -0.782. The summed E-state index contributed by atoms with van der Waals surface area (Å²) in [5, 5.41) is 17.9. The number of carbonyl (C=O) groups is 2. The first kappa shape index (κ1) is 22.0. The average Bonchev–Trinajstić information content (AvgIpc) is 3.10. The van der Waals surface area contributed by atoms with E-state index in [1.807, 2.05) is 42.3 Å². The number of hydrogen-bond donors (Lipinski definition) is 4. The van der Waals surface area contributed by atoms with Gasteiger partial charge >= 0.3 is 5.97 Å². The van der Waals surface area contributed by atoms with E-state index in [-0.39, 0.29) is 12.5 Å². The van der Waals surface area contributed by atoms with Crippen LogP contribution in [-0.2, 0) is 16.0 Å². The highest BCUT2D eigenvalue weighted by atomic mass is 32.1. The summed E-state index contributed by atoms with van der Waals surface area (Å²) in [5.74, 6) is -1.40. The lowest BCUT2D eigenvalue weighted by atomic mass is 9.82. The largest absolute Gasteiger partial charge is 0.481 e. The van der Waals surface area contributed by atoms with Gasteiger partial charge in [0.2, 0.25) is 5.91 Å². The number of aliphatic carboxylic acids is 1. The predicted octanol–water partition coefficient (Wildman–Crippen LogP) is 4.17. The van der Waals surface area contributed by atoms with Crippen LogP contribution in [0.5, 0.6) is 0 Å². The average molecular weight is 470 g/mol. The summed E-state index contributed by atoms with van der Waals surface area (Å²) in [6.45, 7) is 0.148. The van der Waals surface area contributed by atoms with E-state index in [0.29, 0.717) is 21.7 Å². The van der Waals surface area contributed by atoms with Crippen molar-refractivity contribution in [2.24, 2.45) is 0 Å². The molecule has 0 radical (unpaired) electrons. The van der Waals surface area contributed by atoms with Crippen LogP contribution >= 0.6 is 24.4 Å². The van der Waals surface area contributed by atoms with E-state index in [0.717, 1.165) is 35.3 Å². The maximum atomic E-state index is 12.7. The molecule has 0 saturated carbocycles. The summed E-state index contributed by atoms with van der Waals surface area (Å²) in [6.07, 6.45) is 2.37. The molecule has 10 heteroatoms. The first-order valence-electron chi connectivity index (χ1n) is 10.2. The van der Waals surface area contributed by atoms with Crippen LogP contribution in [0.25, 0.3) is 5.69 Å². The smallest absolute Gasteiger partial charge is 0.310 e. The maximum absolute atomic E-state index is 12.7. The van der Waals surface area contributed by atoms with Gasteiger partial charge < -0.3 is 15.3 Å². The molecule has 0 spiro atoms. The second-order valence-electron chi connectivity index (χ2n) is 7.82. The molecule has 1 aromatic heterocycles. The molecule has 0 aliphatic heterocycles. The number of amides is 1. The molecule has 1 atom stereocenters. The number of aromatic nitrogens is 3. The summed E-state index contributed by atoms with van der Waals surface area (Å²) in [6, 6.07) is 13.0. The molecule has 0 bridgehead atoms. The Bertz CT molecular complexity index is 1270. The van der Waals surface area contributed by atoms with Gasteiger partial charge in [0.25, 0.3) is 0 Å². The topological polar surface area (TPSA) is 106 Å². The zero-order valence-electron chi connectivity index (χ0n) is 17.4. The van der Waals surface area contributed by atoms with Gasteiger partial charge in [-0.1, -0.05) is 12.1 Å². The summed E-state index contributed by atoms with van der Waals surface area (Å²) < 4.78 is 2.55. The molecular formula is C22H23N5O3S2. The molecule has 8 nitrogen and oxygen atoms in total.